The van der Waals surface area contributed by atoms with E-state index in [-0.39, 0.29) is 0 Å². The molecule has 0 aliphatic heterocycles. The number of benzene rings is 1. The monoisotopic (exact) mass is 287 g/mol. The number of carbonyl (C=O) groups is 1. The van der Waals surface area contributed by atoms with Crippen LogP contribution in [0.15, 0.2) is 24.3 Å². The minimum Gasteiger partial charge on any atom is -0.386 e. The van der Waals surface area contributed by atoms with E-state index in [1.54, 1.807) is 19.9 Å². The van der Waals surface area contributed by atoms with Crippen molar-refractivity contribution in [3.63, 3.8) is 0 Å². The highest BCUT2D eigenvalue weighted by Gasteiger charge is 2.25. The summed E-state index contributed by atoms with van der Waals surface area (Å²) in [6, 6.07) is 5.51. The van der Waals surface area contributed by atoms with Crippen molar-refractivity contribution in [2.75, 3.05) is 0 Å². The molecule has 1 amide bonds. The van der Waals surface area contributed by atoms with Gasteiger partial charge in [-0.2, -0.15) is 0 Å². The van der Waals surface area contributed by atoms with Crippen LogP contribution >= 0.6 is 0 Å². The Balaban J connectivity index is 2.45. The first-order chi connectivity index (χ1) is 9.60. The predicted molar refractivity (Wildman–Crippen MR) is 85.8 cm³/mol. The molecule has 0 spiro atoms. The normalized spacial score (nSPS) is 18.2. The van der Waals surface area contributed by atoms with E-state index in [0.29, 0.717) is 16.5 Å². The van der Waals surface area contributed by atoms with Crippen molar-refractivity contribution in [2.24, 2.45) is 11.1 Å². The molecule has 0 radical (unpaired) electrons. The molecule has 1 aromatic rings. The zero-order valence-electron chi connectivity index (χ0n) is 13.4. The molecule has 2 rings (SSSR count). The van der Waals surface area contributed by atoms with Gasteiger partial charge in [0.1, 0.15) is 0 Å². The van der Waals surface area contributed by atoms with E-state index in [1.165, 1.54) is 5.57 Å². The maximum atomic E-state index is 11.8. The molecule has 114 valence electrons. The SMILES string of the molecule is CC1(C)CC=C(c2ccc(C(C)(C)O)cc2C(N)=O)CC1. The molecule has 3 heteroatoms. The molecule has 0 heterocycles. The van der Waals surface area contributed by atoms with Crippen molar-refractivity contribution < 1.29 is 9.90 Å². The van der Waals surface area contributed by atoms with Gasteiger partial charge in [0, 0.05) is 5.56 Å². The fourth-order valence-electron chi connectivity index (χ4n) is 2.73. The Hall–Kier alpha value is -1.61. The van der Waals surface area contributed by atoms with Gasteiger partial charge in [0.25, 0.3) is 0 Å². The number of rotatable bonds is 3. The summed E-state index contributed by atoms with van der Waals surface area (Å²) >= 11 is 0. The Bertz CT molecular complexity index is 592. The molecule has 1 aliphatic rings. The third-order valence-corrected chi connectivity index (χ3v) is 4.31. The first kappa shape index (κ1) is 15.8. The Kier molecular flexibility index (Phi) is 3.98. The topological polar surface area (TPSA) is 63.3 Å². The van der Waals surface area contributed by atoms with E-state index in [0.717, 1.165) is 24.8 Å². The van der Waals surface area contributed by atoms with Crippen LogP contribution in [0.2, 0.25) is 0 Å². The van der Waals surface area contributed by atoms with E-state index in [9.17, 15) is 9.90 Å². The number of carbonyl (C=O) groups excluding carboxylic acids is 1. The highest BCUT2D eigenvalue weighted by Crippen LogP contribution is 2.39. The number of aliphatic hydroxyl groups is 1. The number of amides is 1. The molecule has 0 aromatic heterocycles. The standard InChI is InChI=1S/C18H25NO2/c1-17(2)9-7-12(8-10-17)14-6-5-13(18(3,4)21)11-15(14)16(19)20/h5-7,11,21H,8-10H2,1-4H3,(H2,19,20). The number of primary amides is 1. The van der Waals surface area contributed by atoms with Gasteiger partial charge in [-0.05, 0) is 61.3 Å². The second-order valence-electron chi connectivity index (χ2n) is 7.28. The number of hydrogen-bond donors (Lipinski definition) is 2. The summed E-state index contributed by atoms with van der Waals surface area (Å²) in [6.07, 6.45) is 5.28. The summed E-state index contributed by atoms with van der Waals surface area (Å²) in [5.74, 6) is -0.443. The van der Waals surface area contributed by atoms with Crippen LogP contribution in [0.3, 0.4) is 0 Å². The number of nitrogens with two attached hydrogens (primary N) is 1. The van der Waals surface area contributed by atoms with Gasteiger partial charge in [0.15, 0.2) is 0 Å². The molecule has 3 nitrogen and oxygen atoms in total. The highest BCUT2D eigenvalue weighted by atomic mass is 16.3. The summed E-state index contributed by atoms with van der Waals surface area (Å²) in [6.45, 7) is 7.92. The maximum absolute atomic E-state index is 11.8. The fourth-order valence-corrected chi connectivity index (χ4v) is 2.73. The molecule has 0 atom stereocenters. The van der Waals surface area contributed by atoms with E-state index < -0.39 is 11.5 Å². The lowest BCUT2D eigenvalue weighted by atomic mass is 9.76. The molecule has 0 saturated heterocycles. The summed E-state index contributed by atoms with van der Waals surface area (Å²) in [5, 5.41) is 10.1. The quantitative estimate of drug-likeness (QED) is 0.892. The third kappa shape index (κ3) is 3.53. The summed E-state index contributed by atoms with van der Waals surface area (Å²) in [5.41, 5.74) is 8.18. The minimum atomic E-state index is -0.980. The zero-order chi connectivity index (χ0) is 15.8. The largest absolute Gasteiger partial charge is 0.386 e. The molecule has 0 unspecified atom stereocenters. The maximum Gasteiger partial charge on any atom is 0.249 e. The molecular weight excluding hydrogens is 262 g/mol. The Morgan fingerprint density at radius 1 is 1.33 bits per heavy atom. The summed E-state index contributed by atoms with van der Waals surface area (Å²) in [4.78, 5) is 11.8. The second-order valence-corrected chi connectivity index (χ2v) is 7.28. The second kappa shape index (κ2) is 5.30. The Labute approximate surface area is 126 Å². The highest BCUT2D eigenvalue weighted by molar-refractivity contribution is 5.98. The first-order valence-electron chi connectivity index (χ1n) is 7.46. The molecule has 1 aliphatic carbocycles. The van der Waals surface area contributed by atoms with Gasteiger partial charge in [0.05, 0.1) is 5.60 Å². The van der Waals surface area contributed by atoms with E-state index in [4.69, 9.17) is 5.73 Å². The van der Waals surface area contributed by atoms with Crippen molar-refractivity contribution in [1.29, 1.82) is 0 Å². The third-order valence-electron chi connectivity index (χ3n) is 4.31. The molecule has 1 aromatic carbocycles. The van der Waals surface area contributed by atoms with Crippen LogP contribution < -0.4 is 5.73 Å². The van der Waals surface area contributed by atoms with Crippen LogP contribution in [0.25, 0.3) is 5.57 Å². The van der Waals surface area contributed by atoms with E-state index in [2.05, 4.69) is 19.9 Å². The van der Waals surface area contributed by atoms with Crippen LogP contribution in [-0.4, -0.2) is 11.0 Å². The molecule has 0 bridgehead atoms. The van der Waals surface area contributed by atoms with Crippen molar-refractivity contribution in [1.82, 2.24) is 0 Å². The van der Waals surface area contributed by atoms with Crippen LogP contribution in [0, 0.1) is 5.41 Å². The van der Waals surface area contributed by atoms with Crippen molar-refractivity contribution in [3.8, 4) is 0 Å². The predicted octanol–water partition coefficient (Wildman–Crippen LogP) is 3.61. The molecule has 0 saturated carbocycles. The Morgan fingerprint density at radius 3 is 2.48 bits per heavy atom. The zero-order valence-corrected chi connectivity index (χ0v) is 13.4. The van der Waals surface area contributed by atoms with Gasteiger partial charge in [-0.15, -0.1) is 0 Å². The van der Waals surface area contributed by atoms with E-state index >= 15 is 0 Å². The number of hydrogen-bond acceptors (Lipinski definition) is 2. The van der Waals surface area contributed by atoms with Crippen LogP contribution in [-0.2, 0) is 5.60 Å². The molecule has 0 fully saturated rings. The molecular formula is C18H25NO2. The van der Waals surface area contributed by atoms with Gasteiger partial charge in [0.2, 0.25) is 5.91 Å². The molecule has 3 N–H and O–H groups in total. The lowest BCUT2D eigenvalue weighted by Crippen LogP contribution is -2.20. The minimum absolute atomic E-state index is 0.323. The lowest BCUT2D eigenvalue weighted by molar-refractivity contribution is 0.0785. The van der Waals surface area contributed by atoms with Crippen molar-refractivity contribution >= 4 is 11.5 Å². The lowest BCUT2D eigenvalue weighted by Gasteiger charge is -2.29. The van der Waals surface area contributed by atoms with Crippen molar-refractivity contribution in [3.05, 3.63) is 41.0 Å². The van der Waals surface area contributed by atoms with Gasteiger partial charge in [-0.25, -0.2) is 0 Å². The van der Waals surface area contributed by atoms with Crippen LogP contribution in [0.1, 0.15) is 68.4 Å². The van der Waals surface area contributed by atoms with Crippen LogP contribution in [0.4, 0.5) is 0 Å². The number of allylic oxidation sites excluding steroid dienone is 2. The average molecular weight is 287 g/mol. The summed E-state index contributed by atoms with van der Waals surface area (Å²) in [7, 11) is 0. The summed E-state index contributed by atoms with van der Waals surface area (Å²) < 4.78 is 0. The van der Waals surface area contributed by atoms with Crippen LogP contribution in [0.5, 0.6) is 0 Å². The van der Waals surface area contributed by atoms with Crippen molar-refractivity contribution in [2.45, 2.75) is 52.6 Å². The Morgan fingerprint density at radius 2 is 2.00 bits per heavy atom. The molecule has 21 heavy (non-hydrogen) atoms. The fraction of sp³-hybridized carbons (Fsp3) is 0.500. The van der Waals surface area contributed by atoms with Gasteiger partial charge >= 0.3 is 0 Å². The van der Waals surface area contributed by atoms with E-state index in [1.807, 2.05) is 12.1 Å². The average Bonchev–Trinajstić information content (AvgIpc) is 2.37. The van der Waals surface area contributed by atoms with Gasteiger partial charge in [-0.3, -0.25) is 4.79 Å². The van der Waals surface area contributed by atoms with Gasteiger partial charge < -0.3 is 10.8 Å². The first-order valence-corrected chi connectivity index (χ1v) is 7.46. The van der Waals surface area contributed by atoms with Gasteiger partial charge in [-0.1, -0.05) is 32.1 Å². The smallest absolute Gasteiger partial charge is 0.249 e.